The minimum Gasteiger partial charge on any atom is -0.486 e. The lowest BCUT2D eigenvalue weighted by atomic mass is 10.2. The third kappa shape index (κ3) is 4.23. The highest BCUT2D eigenvalue weighted by Gasteiger charge is 2.26. The van der Waals surface area contributed by atoms with E-state index in [2.05, 4.69) is 10.2 Å². The summed E-state index contributed by atoms with van der Waals surface area (Å²) in [5.41, 5.74) is 2.35. The smallest absolute Gasteiger partial charge is 0.247 e. The molecule has 1 aliphatic rings. The highest BCUT2D eigenvalue weighted by molar-refractivity contribution is 7.89. The second kappa shape index (κ2) is 8.95. The SMILES string of the molecule is CCn1c(COc2ccc(-c3nnco3)cc2)nc2cc(S(=O)(=O)N3CCCCC3)ccc21. The van der Waals surface area contributed by atoms with Gasteiger partial charge in [0, 0.05) is 25.2 Å². The number of piperidine rings is 1. The van der Waals surface area contributed by atoms with Crippen LogP contribution in [0.2, 0.25) is 0 Å². The zero-order chi connectivity index (χ0) is 22.8. The number of ether oxygens (including phenoxy) is 1. The molecule has 1 saturated heterocycles. The van der Waals surface area contributed by atoms with E-state index in [-0.39, 0.29) is 6.61 Å². The normalized spacial score (nSPS) is 15.2. The number of aryl methyl sites for hydroxylation is 1. The summed E-state index contributed by atoms with van der Waals surface area (Å²) in [4.78, 5) is 4.99. The van der Waals surface area contributed by atoms with Crippen LogP contribution < -0.4 is 4.74 Å². The molecule has 0 saturated carbocycles. The number of benzene rings is 2. The molecule has 3 heterocycles. The van der Waals surface area contributed by atoms with Crippen molar-refractivity contribution in [3.05, 3.63) is 54.7 Å². The Morgan fingerprint density at radius 2 is 1.85 bits per heavy atom. The van der Waals surface area contributed by atoms with Crippen molar-refractivity contribution in [3.63, 3.8) is 0 Å². The molecule has 2 aromatic carbocycles. The summed E-state index contributed by atoms with van der Waals surface area (Å²) < 4.78 is 40.9. The molecule has 0 amide bonds. The number of aromatic nitrogens is 4. The van der Waals surface area contributed by atoms with Crippen molar-refractivity contribution in [1.82, 2.24) is 24.1 Å². The zero-order valence-electron chi connectivity index (χ0n) is 18.3. The maximum atomic E-state index is 13.1. The highest BCUT2D eigenvalue weighted by Crippen LogP contribution is 2.26. The number of sulfonamides is 1. The maximum absolute atomic E-state index is 13.1. The topological polar surface area (TPSA) is 103 Å². The summed E-state index contributed by atoms with van der Waals surface area (Å²) in [6, 6.07) is 12.6. The Balaban J connectivity index is 1.37. The van der Waals surface area contributed by atoms with Gasteiger partial charge in [-0.15, -0.1) is 10.2 Å². The van der Waals surface area contributed by atoms with Crippen LogP contribution in [0, 0.1) is 0 Å². The summed E-state index contributed by atoms with van der Waals surface area (Å²) in [5.74, 6) is 1.87. The van der Waals surface area contributed by atoms with E-state index in [1.807, 2.05) is 41.8 Å². The summed E-state index contributed by atoms with van der Waals surface area (Å²) >= 11 is 0. The molecular formula is C23H25N5O4S. The molecule has 0 spiro atoms. The van der Waals surface area contributed by atoms with Gasteiger partial charge in [0.1, 0.15) is 18.2 Å². The van der Waals surface area contributed by atoms with Gasteiger partial charge in [0.2, 0.25) is 22.3 Å². The van der Waals surface area contributed by atoms with Crippen molar-refractivity contribution in [1.29, 1.82) is 0 Å². The lowest BCUT2D eigenvalue weighted by molar-refractivity contribution is 0.291. The van der Waals surface area contributed by atoms with Gasteiger partial charge in [0.05, 0.1) is 15.9 Å². The Labute approximate surface area is 192 Å². The second-order valence-electron chi connectivity index (χ2n) is 7.94. The summed E-state index contributed by atoms with van der Waals surface area (Å²) in [7, 11) is -3.51. The van der Waals surface area contributed by atoms with Gasteiger partial charge in [-0.1, -0.05) is 6.42 Å². The van der Waals surface area contributed by atoms with Gasteiger partial charge >= 0.3 is 0 Å². The summed E-state index contributed by atoms with van der Waals surface area (Å²) in [5, 5.41) is 7.58. The van der Waals surface area contributed by atoms with Crippen LogP contribution in [0.4, 0.5) is 0 Å². The van der Waals surface area contributed by atoms with Crippen molar-refractivity contribution in [3.8, 4) is 17.2 Å². The third-order valence-corrected chi connectivity index (χ3v) is 7.79. The van der Waals surface area contributed by atoms with E-state index in [4.69, 9.17) is 14.1 Å². The second-order valence-corrected chi connectivity index (χ2v) is 9.88. The molecule has 4 aromatic rings. The lowest BCUT2D eigenvalue weighted by Gasteiger charge is -2.25. The minimum absolute atomic E-state index is 0.261. The fourth-order valence-corrected chi connectivity index (χ4v) is 5.72. The molecule has 2 aromatic heterocycles. The van der Waals surface area contributed by atoms with Crippen LogP contribution in [0.25, 0.3) is 22.5 Å². The van der Waals surface area contributed by atoms with E-state index in [1.54, 1.807) is 16.4 Å². The fourth-order valence-electron chi connectivity index (χ4n) is 4.18. The van der Waals surface area contributed by atoms with Crippen molar-refractivity contribution in [2.24, 2.45) is 0 Å². The lowest BCUT2D eigenvalue weighted by Crippen LogP contribution is -2.35. The van der Waals surface area contributed by atoms with Crippen molar-refractivity contribution >= 4 is 21.1 Å². The largest absolute Gasteiger partial charge is 0.486 e. The molecule has 1 fully saturated rings. The monoisotopic (exact) mass is 467 g/mol. The van der Waals surface area contributed by atoms with Crippen molar-refractivity contribution in [2.45, 2.75) is 44.2 Å². The number of imidazole rings is 1. The van der Waals surface area contributed by atoms with Crippen LogP contribution >= 0.6 is 0 Å². The Morgan fingerprint density at radius 3 is 2.55 bits per heavy atom. The molecule has 9 nitrogen and oxygen atoms in total. The zero-order valence-corrected chi connectivity index (χ0v) is 19.2. The Bertz CT molecular complexity index is 1340. The Morgan fingerprint density at radius 1 is 1.06 bits per heavy atom. The number of fused-ring (bicyclic) bond motifs is 1. The van der Waals surface area contributed by atoms with Crippen LogP contribution in [0.15, 0.2) is 58.2 Å². The Kier molecular flexibility index (Phi) is 5.86. The predicted molar refractivity (Wildman–Crippen MR) is 122 cm³/mol. The third-order valence-electron chi connectivity index (χ3n) is 5.90. The maximum Gasteiger partial charge on any atom is 0.247 e. The van der Waals surface area contributed by atoms with E-state index in [0.29, 0.717) is 41.7 Å². The minimum atomic E-state index is -3.51. The average Bonchev–Trinajstić information content (AvgIpc) is 3.51. The predicted octanol–water partition coefficient (Wildman–Crippen LogP) is 3.86. The first-order chi connectivity index (χ1) is 16.1. The van der Waals surface area contributed by atoms with Gasteiger partial charge in [-0.25, -0.2) is 13.4 Å². The van der Waals surface area contributed by atoms with Crippen molar-refractivity contribution in [2.75, 3.05) is 13.1 Å². The molecule has 33 heavy (non-hydrogen) atoms. The quantitative estimate of drug-likeness (QED) is 0.406. The summed E-state index contributed by atoms with van der Waals surface area (Å²) in [6.45, 7) is 4.14. The van der Waals surface area contributed by atoms with Gasteiger partial charge in [-0.3, -0.25) is 0 Å². The molecular weight excluding hydrogens is 442 g/mol. The molecule has 172 valence electrons. The Hall–Kier alpha value is -3.24. The number of hydrogen-bond acceptors (Lipinski definition) is 7. The van der Waals surface area contributed by atoms with Gasteiger partial charge in [-0.05, 0) is 62.2 Å². The molecule has 0 N–H and O–H groups in total. The molecule has 0 unspecified atom stereocenters. The van der Waals surface area contributed by atoms with E-state index in [0.717, 1.165) is 36.2 Å². The molecule has 10 heteroatoms. The van der Waals surface area contributed by atoms with Crippen molar-refractivity contribution < 1.29 is 17.6 Å². The standard InChI is InChI=1S/C23H25N5O4S/c1-2-28-21-11-10-19(33(29,30)27-12-4-3-5-13-27)14-20(21)25-22(28)15-31-18-8-6-17(7-9-18)23-26-24-16-32-23/h6-11,14,16H,2-5,12-13,15H2,1H3. The fraction of sp³-hybridized carbons (Fsp3) is 0.348. The highest BCUT2D eigenvalue weighted by atomic mass is 32.2. The van der Waals surface area contributed by atoms with E-state index < -0.39 is 10.0 Å². The van der Waals surface area contributed by atoms with E-state index in [1.165, 1.54) is 6.39 Å². The van der Waals surface area contributed by atoms with Gasteiger partial charge < -0.3 is 13.7 Å². The average molecular weight is 468 g/mol. The number of hydrogen-bond donors (Lipinski definition) is 0. The van der Waals surface area contributed by atoms with Gasteiger partial charge in [0.15, 0.2) is 0 Å². The van der Waals surface area contributed by atoms with Gasteiger partial charge in [0.25, 0.3) is 0 Å². The number of nitrogens with zero attached hydrogens (tertiary/aromatic N) is 5. The van der Waals surface area contributed by atoms with Gasteiger partial charge in [-0.2, -0.15) is 4.31 Å². The van der Waals surface area contributed by atoms with Crippen LogP contribution in [0.3, 0.4) is 0 Å². The molecule has 1 aliphatic heterocycles. The first-order valence-corrected chi connectivity index (χ1v) is 12.5. The number of rotatable bonds is 7. The van der Waals surface area contributed by atoms with E-state index >= 15 is 0 Å². The van der Waals surface area contributed by atoms with Crippen LogP contribution in [0.5, 0.6) is 5.75 Å². The molecule has 5 rings (SSSR count). The molecule has 0 atom stereocenters. The molecule has 0 radical (unpaired) electrons. The van der Waals surface area contributed by atoms with Crippen LogP contribution in [0.1, 0.15) is 32.0 Å². The van der Waals surface area contributed by atoms with Crippen LogP contribution in [-0.2, 0) is 23.2 Å². The van der Waals surface area contributed by atoms with E-state index in [9.17, 15) is 8.42 Å². The molecule has 0 aliphatic carbocycles. The first kappa shape index (κ1) is 21.6. The molecule has 0 bridgehead atoms. The summed E-state index contributed by atoms with van der Waals surface area (Å²) in [6.07, 6.45) is 4.18. The van der Waals surface area contributed by atoms with Crippen LogP contribution in [-0.4, -0.2) is 45.6 Å². The first-order valence-electron chi connectivity index (χ1n) is 11.0.